The van der Waals surface area contributed by atoms with E-state index in [4.69, 9.17) is 0 Å². The number of carbonyl (C=O) groups is 2. The molecule has 39 heavy (non-hydrogen) atoms. The summed E-state index contributed by atoms with van der Waals surface area (Å²) in [6.45, 7) is 4.58. The number of nitrogens with zero attached hydrogens (tertiary/aromatic N) is 4. The van der Waals surface area contributed by atoms with E-state index < -0.39 is 15.9 Å². The first-order chi connectivity index (χ1) is 18.8. The van der Waals surface area contributed by atoms with E-state index in [1.165, 1.54) is 29.4 Å². The van der Waals surface area contributed by atoms with Crippen LogP contribution < -0.4 is 10.0 Å². The van der Waals surface area contributed by atoms with Gasteiger partial charge in [0.2, 0.25) is 10.0 Å². The van der Waals surface area contributed by atoms with Gasteiger partial charge in [-0.1, -0.05) is 48.5 Å². The third kappa shape index (κ3) is 5.49. The number of likely N-dealkylation sites (tertiary alicyclic amines) is 1. The van der Waals surface area contributed by atoms with Gasteiger partial charge in [0.05, 0.1) is 11.9 Å². The predicted molar refractivity (Wildman–Crippen MR) is 149 cm³/mol. The van der Waals surface area contributed by atoms with Gasteiger partial charge < -0.3 is 10.2 Å². The summed E-state index contributed by atoms with van der Waals surface area (Å²) in [6, 6.07) is 17.9. The Labute approximate surface area is 227 Å². The van der Waals surface area contributed by atoms with Crippen molar-refractivity contribution in [3.8, 4) is 0 Å². The number of para-hydroxylation sites is 1. The number of fused-ring (bicyclic) bond motifs is 1. The first-order valence-corrected chi connectivity index (χ1v) is 14.5. The van der Waals surface area contributed by atoms with Gasteiger partial charge in [0.15, 0.2) is 5.65 Å². The Bertz CT molecular complexity index is 1630. The Morgan fingerprint density at radius 3 is 2.36 bits per heavy atom. The lowest BCUT2D eigenvalue weighted by Crippen LogP contribution is -2.38. The first-order valence-electron chi connectivity index (χ1n) is 12.9. The molecule has 202 valence electrons. The van der Waals surface area contributed by atoms with E-state index in [9.17, 15) is 18.0 Å². The average molecular weight is 547 g/mol. The summed E-state index contributed by atoms with van der Waals surface area (Å²) >= 11 is 0. The number of hydrogen-bond acceptors (Lipinski definition) is 7. The van der Waals surface area contributed by atoms with Gasteiger partial charge in [-0.25, -0.2) is 18.1 Å². The van der Waals surface area contributed by atoms with Gasteiger partial charge >= 0.3 is 0 Å². The maximum absolute atomic E-state index is 13.8. The van der Waals surface area contributed by atoms with Gasteiger partial charge in [-0.05, 0) is 49.8 Å². The molecule has 3 heterocycles. The molecule has 1 aliphatic rings. The second kappa shape index (κ2) is 10.9. The topological polar surface area (TPSA) is 126 Å². The number of carbonyl (C=O) groups excluding carboxylic acids is 2. The number of hydrogen-bond donors (Lipinski definition) is 2. The molecular weight excluding hydrogens is 516 g/mol. The number of sulfonamides is 1. The van der Waals surface area contributed by atoms with E-state index in [2.05, 4.69) is 27.5 Å². The van der Waals surface area contributed by atoms with E-state index >= 15 is 0 Å². The van der Waals surface area contributed by atoms with Crippen LogP contribution in [0.4, 0.5) is 11.5 Å². The lowest BCUT2D eigenvalue weighted by Gasteiger charge is -2.32. The van der Waals surface area contributed by atoms with Gasteiger partial charge in [-0.15, -0.1) is 0 Å². The smallest absolute Gasteiger partial charge is 0.270 e. The molecule has 11 heteroatoms. The minimum atomic E-state index is -3.78. The number of rotatable bonds is 7. The van der Waals surface area contributed by atoms with E-state index in [0.29, 0.717) is 30.4 Å². The molecule has 0 saturated carbocycles. The van der Waals surface area contributed by atoms with Gasteiger partial charge in [-0.3, -0.25) is 9.59 Å². The molecule has 0 atom stereocenters. The maximum Gasteiger partial charge on any atom is 0.270 e. The van der Waals surface area contributed by atoms with Crippen LogP contribution in [0.1, 0.15) is 57.5 Å². The molecule has 0 radical (unpaired) electrons. The number of piperidine rings is 1. The molecule has 0 spiro atoms. The quantitative estimate of drug-likeness (QED) is 0.360. The monoisotopic (exact) mass is 546 g/mol. The summed E-state index contributed by atoms with van der Waals surface area (Å²) in [5.74, 6) is -0.523. The minimum absolute atomic E-state index is 0.0115. The molecule has 2 aromatic carbocycles. The normalized spacial score (nSPS) is 14.4. The van der Waals surface area contributed by atoms with E-state index in [0.717, 1.165) is 24.1 Å². The summed E-state index contributed by atoms with van der Waals surface area (Å²) in [5, 5.41) is 7.64. The Morgan fingerprint density at radius 1 is 0.974 bits per heavy atom. The molecule has 1 fully saturated rings. The van der Waals surface area contributed by atoms with E-state index in [-0.39, 0.29) is 22.9 Å². The summed E-state index contributed by atoms with van der Waals surface area (Å²) in [5.41, 5.74) is 3.42. The Hall–Kier alpha value is -4.25. The van der Waals surface area contributed by atoms with Crippen LogP contribution in [0.25, 0.3) is 5.65 Å². The van der Waals surface area contributed by atoms with Crippen LogP contribution >= 0.6 is 0 Å². The van der Waals surface area contributed by atoms with Crippen LogP contribution in [0.15, 0.2) is 67.0 Å². The van der Waals surface area contributed by atoms with Crippen molar-refractivity contribution in [3.05, 3.63) is 89.2 Å². The van der Waals surface area contributed by atoms with E-state index in [1.807, 2.05) is 59.0 Å². The molecule has 10 nitrogen and oxygen atoms in total. The highest BCUT2D eigenvalue weighted by Crippen LogP contribution is 2.31. The first kappa shape index (κ1) is 26.4. The molecular formula is C28H30N6O4S. The second-order valence-corrected chi connectivity index (χ2v) is 11.6. The summed E-state index contributed by atoms with van der Waals surface area (Å²) < 4.78 is 27.4. The highest BCUT2D eigenvalue weighted by Gasteiger charge is 2.29. The molecule has 2 amide bonds. The van der Waals surface area contributed by atoms with Gasteiger partial charge in [-0.2, -0.15) is 9.61 Å². The molecule has 1 saturated heterocycles. The van der Waals surface area contributed by atoms with Gasteiger partial charge in [0.25, 0.3) is 11.8 Å². The fraction of sp³-hybridized carbons (Fsp3) is 0.286. The number of aryl methyl sites for hydroxylation is 1. The number of aromatic nitrogens is 3. The van der Waals surface area contributed by atoms with Crippen molar-refractivity contribution in [1.29, 1.82) is 0 Å². The highest BCUT2D eigenvalue weighted by atomic mass is 32.2. The lowest BCUT2D eigenvalue weighted by atomic mass is 9.89. The van der Waals surface area contributed by atoms with Crippen LogP contribution in [-0.4, -0.2) is 58.6 Å². The average Bonchev–Trinajstić information content (AvgIpc) is 3.39. The van der Waals surface area contributed by atoms with Crippen LogP contribution in [0.2, 0.25) is 0 Å². The van der Waals surface area contributed by atoms with Crippen molar-refractivity contribution in [2.24, 2.45) is 0 Å². The number of benzene rings is 2. The molecule has 0 aliphatic carbocycles. The van der Waals surface area contributed by atoms with Crippen LogP contribution in [0, 0.1) is 6.92 Å². The van der Waals surface area contributed by atoms with Crippen LogP contribution in [0.5, 0.6) is 0 Å². The zero-order chi connectivity index (χ0) is 27.6. The largest absolute Gasteiger partial charge is 0.339 e. The molecule has 2 N–H and O–H groups in total. The Morgan fingerprint density at radius 2 is 1.67 bits per heavy atom. The second-order valence-electron chi connectivity index (χ2n) is 9.57. The van der Waals surface area contributed by atoms with Crippen molar-refractivity contribution in [3.63, 3.8) is 0 Å². The molecule has 5 rings (SSSR count). The third-order valence-corrected chi connectivity index (χ3v) is 8.34. The van der Waals surface area contributed by atoms with Crippen molar-refractivity contribution in [2.45, 2.75) is 32.6 Å². The van der Waals surface area contributed by atoms with Gasteiger partial charge in [0, 0.05) is 25.0 Å². The van der Waals surface area contributed by atoms with Crippen molar-refractivity contribution < 1.29 is 18.0 Å². The van der Waals surface area contributed by atoms with Gasteiger partial charge in [0.1, 0.15) is 16.9 Å². The SMILES string of the molecule is CCS(=O)(=O)NC(=O)c1cnn2c(Nc3ccccc3C)c(C(=O)N3CCC(c4ccccc4)CC3)cnc12. The molecule has 0 unspecified atom stereocenters. The number of nitrogens with one attached hydrogen (secondary N) is 2. The molecule has 0 bridgehead atoms. The fourth-order valence-corrected chi connectivity index (χ4v) is 5.33. The van der Waals surface area contributed by atoms with Crippen LogP contribution in [0.3, 0.4) is 0 Å². The highest BCUT2D eigenvalue weighted by molar-refractivity contribution is 7.90. The summed E-state index contributed by atoms with van der Waals surface area (Å²) in [6.07, 6.45) is 4.38. The lowest BCUT2D eigenvalue weighted by molar-refractivity contribution is 0.0713. The fourth-order valence-electron chi connectivity index (χ4n) is 4.79. The van der Waals surface area contributed by atoms with Crippen molar-refractivity contribution >= 4 is 39.0 Å². The zero-order valence-electron chi connectivity index (χ0n) is 21.8. The number of anilines is 2. The maximum atomic E-state index is 13.8. The zero-order valence-corrected chi connectivity index (χ0v) is 22.6. The van der Waals surface area contributed by atoms with Crippen molar-refractivity contribution in [1.82, 2.24) is 24.2 Å². The van der Waals surface area contributed by atoms with Crippen LogP contribution in [-0.2, 0) is 10.0 Å². The number of amides is 2. The Kier molecular flexibility index (Phi) is 7.34. The standard InChI is InChI=1S/C28H30N6O4S/c1-3-39(37,38)32-27(35)22-18-30-34-25(22)29-17-23(26(34)31-24-12-8-7-9-19(24)2)28(36)33-15-13-21(14-16-33)20-10-5-4-6-11-20/h4-12,17-18,21,31H,3,13-16H2,1-2H3,(H,32,35). The predicted octanol–water partition coefficient (Wildman–Crippen LogP) is 3.88. The minimum Gasteiger partial charge on any atom is -0.339 e. The molecule has 2 aromatic heterocycles. The van der Waals surface area contributed by atoms with Crippen molar-refractivity contribution in [2.75, 3.05) is 24.2 Å². The molecule has 4 aromatic rings. The summed E-state index contributed by atoms with van der Waals surface area (Å²) in [4.78, 5) is 32.7. The third-order valence-electron chi connectivity index (χ3n) is 7.08. The van der Waals surface area contributed by atoms with E-state index in [1.54, 1.807) is 0 Å². The summed E-state index contributed by atoms with van der Waals surface area (Å²) in [7, 11) is -3.78. The molecule has 1 aliphatic heterocycles. The Balaban J connectivity index is 1.49.